The molecule has 0 unspecified atom stereocenters. The number of carbonyl (C=O) groups excluding carboxylic acids is 2. The van der Waals surface area contributed by atoms with Crippen LogP contribution >= 0.6 is 0 Å². The fourth-order valence-electron chi connectivity index (χ4n) is 2.70. The lowest BCUT2D eigenvalue weighted by atomic mass is 9.96. The van der Waals surface area contributed by atoms with E-state index in [0.29, 0.717) is 25.2 Å². The Balaban J connectivity index is 2.15. The summed E-state index contributed by atoms with van der Waals surface area (Å²) in [7, 11) is 0. The molecular weight excluding hydrogens is 306 g/mol. The minimum atomic E-state index is -1.15. The monoisotopic (exact) mass is 331 g/mol. The van der Waals surface area contributed by atoms with Gasteiger partial charge in [-0.3, -0.25) is 14.5 Å². The lowest BCUT2D eigenvalue weighted by molar-refractivity contribution is -0.177. The fraction of sp³-hybridized carbons (Fsp3) is 0.474. The molecule has 0 bridgehead atoms. The number of carbonyl (C=O) groups is 2. The summed E-state index contributed by atoms with van der Waals surface area (Å²) >= 11 is 0. The smallest absolute Gasteiger partial charge is 0.264 e. The van der Waals surface area contributed by atoms with Gasteiger partial charge in [-0.05, 0) is 18.6 Å². The van der Waals surface area contributed by atoms with Gasteiger partial charge in [-0.1, -0.05) is 37.6 Å². The first-order valence-corrected chi connectivity index (χ1v) is 8.38. The van der Waals surface area contributed by atoms with Crippen molar-refractivity contribution in [1.82, 2.24) is 4.90 Å². The van der Waals surface area contributed by atoms with Crippen LogP contribution < -0.4 is 0 Å². The summed E-state index contributed by atoms with van der Waals surface area (Å²) in [6.07, 6.45) is 3.89. The molecule has 130 valence electrons. The van der Waals surface area contributed by atoms with E-state index in [2.05, 4.69) is 13.5 Å². The van der Waals surface area contributed by atoms with E-state index in [1.807, 2.05) is 6.07 Å². The number of hydrogen-bond donors (Lipinski definition) is 0. The van der Waals surface area contributed by atoms with Crippen LogP contribution in [0.4, 0.5) is 0 Å². The van der Waals surface area contributed by atoms with Gasteiger partial charge in [0.25, 0.3) is 11.8 Å². The molecule has 5 heteroatoms. The van der Waals surface area contributed by atoms with Gasteiger partial charge >= 0.3 is 0 Å². The summed E-state index contributed by atoms with van der Waals surface area (Å²) in [6.45, 7) is 7.05. The molecule has 0 saturated carbocycles. The molecule has 0 N–H and O–H groups in total. The van der Waals surface area contributed by atoms with Crippen LogP contribution in [0, 0.1) is 0 Å². The standard InChI is InChI=1S/C19H25NO4/c1-3-5-13-23-15-19(11-4-2)18(22)20(12-14-24-19)17(21)16-9-7-6-8-10-16/h4,6-10H,2-3,5,11-15H2,1H3/t19-/m1/s1. The molecule has 1 aliphatic rings. The van der Waals surface area contributed by atoms with Gasteiger partial charge in [-0.15, -0.1) is 6.58 Å². The van der Waals surface area contributed by atoms with Crippen LogP contribution in [-0.4, -0.2) is 48.7 Å². The molecule has 1 atom stereocenters. The van der Waals surface area contributed by atoms with E-state index in [1.165, 1.54) is 4.90 Å². The Morgan fingerprint density at radius 3 is 2.83 bits per heavy atom. The Hall–Kier alpha value is -1.98. The van der Waals surface area contributed by atoms with Crippen LogP contribution in [0.3, 0.4) is 0 Å². The number of amides is 2. The number of ether oxygens (including phenoxy) is 2. The predicted octanol–water partition coefficient (Wildman–Crippen LogP) is 2.82. The van der Waals surface area contributed by atoms with E-state index in [1.54, 1.807) is 30.3 Å². The minimum Gasteiger partial charge on any atom is -0.378 e. The van der Waals surface area contributed by atoms with Gasteiger partial charge in [0.2, 0.25) is 0 Å². The zero-order valence-corrected chi connectivity index (χ0v) is 14.2. The maximum absolute atomic E-state index is 13.0. The summed E-state index contributed by atoms with van der Waals surface area (Å²) in [4.78, 5) is 26.9. The molecular formula is C19H25NO4. The first-order valence-electron chi connectivity index (χ1n) is 8.38. The Kier molecular flexibility index (Phi) is 6.70. The second-order valence-electron chi connectivity index (χ2n) is 5.87. The van der Waals surface area contributed by atoms with Crippen LogP contribution in [0.5, 0.6) is 0 Å². The zero-order valence-electron chi connectivity index (χ0n) is 14.2. The highest BCUT2D eigenvalue weighted by Crippen LogP contribution is 2.26. The Morgan fingerprint density at radius 1 is 1.42 bits per heavy atom. The van der Waals surface area contributed by atoms with E-state index in [9.17, 15) is 9.59 Å². The average molecular weight is 331 g/mol. The zero-order chi connectivity index (χ0) is 17.4. The molecule has 24 heavy (non-hydrogen) atoms. The molecule has 1 saturated heterocycles. The second-order valence-corrected chi connectivity index (χ2v) is 5.87. The first kappa shape index (κ1) is 18.4. The molecule has 5 nitrogen and oxygen atoms in total. The quantitative estimate of drug-likeness (QED) is 0.417. The van der Waals surface area contributed by atoms with Crippen molar-refractivity contribution in [2.24, 2.45) is 0 Å². The van der Waals surface area contributed by atoms with Gasteiger partial charge in [-0.25, -0.2) is 0 Å². The normalized spacial score (nSPS) is 20.9. The van der Waals surface area contributed by atoms with Crippen molar-refractivity contribution in [2.75, 3.05) is 26.4 Å². The van der Waals surface area contributed by atoms with E-state index in [4.69, 9.17) is 9.47 Å². The van der Waals surface area contributed by atoms with Gasteiger partial charge in [0.15, 0.2) is 5.60 Å². The van der Waals surface area contributed by atoms with Crippen molar-refractivity contribution in [3.63, 3.8) is 0 Å². The van der Waals surface area contributed by atoms with Gasteiger partial charge < -0.3 is 9.47 Å². The molecule has 2 amide bonds. The lowest BCUT2D eigenvalue weighted by Gasteiger charge is -2.40. The third-order valence-electron chi connectivity index (χ3n) is 4.05. The van der Waals surface area contributed by atoms with Crippen LogP contribution in [0.2, 0.25) is 0 Å². The van der Waals surface area contributed by atoms with Crippen LogP contribution in [0.25, 0.3) is 0 Å². The number of nitrogens with zero attached hydrogens (tertiary/aromatic N) is 1. The van der Waals surface area contributed by atoms with Gasteiger partial charge in [0.05, 0.1) is 19.8 Å². The topological polar surface area (TPSA) is 55.8 Å². The van der Waals surface area contributed by atoms with E-state index in [0.717, 1.165) is 12.8 Å². The van der Waals surface area contributed by atoms with Crippen molar-refractivity contribution in [2.45, 2.75) is 31.8 Å². The summed E-state index contributed by atoms with van der Waals surface area (Å²) in [5.74, 6) is -0.648. The maximum atomic E-state index is 13.0. The Bertz CT molecular complexity index is 572. The lowest BCUT2D eigenvalue weighted by Crippen LogP contribution is -2.60. The van der Waals surface area contributed by atoms with Crippen molar-refractivity contribution in [3.05, 3.63) is 48.6 Å². The third kappa shape index (κ3) is 4.10. The Morgan fingerprint density at radius 2 is 2.17 bits per heavy atom. The summed E-state index contributed by atoms with van der Waals surface area (Å²) in [5.41, 5.74) is -0.662. The number of hydrogen-bond acceptors (Lipinski definition) is 4. The average Bonchev–Trinajstić information content (AvgIpc) is 2.61. The third-order valence-corrected chi connectivity index (χ3v) is 4.05. The van der Waals surface area contributed by atoms with Crippen molar-refractivity contribution in [3.8, 4) is 0 Å². The maximum Gasteiger partial charge on any atom is 0.264 e. The molecule has 1 aromatic rings. The highest BCUT2D eigenvalue weighted by molar-refractivity contribution is 6.07. The number of imide groups is 1. The molecule has 2 rings (SSSR count). The van der Waals surface area contributed by atoms with Crippen LogP contribution in [-0.2, 0) is 14.3 Å². The van der Waals surface area contributed by atoms with Gasteiger partial charge in [-0.2, -0.15) is 0 Å². The number of unbranched alkanes of at least 4 members (excludes halogenated alkanes) is 1. The molecule has 0 aromatic heterocycles. The summed E-state index contributed by atoms with van der Waals surface area (Å²) < 4.78 is 11.4. The predicted molar refractivity (Wildman–Crippen MR) is 91.7 cm³/mol. The fourth-order valence-corrected chi connectivity index (χ4v) is 2.70. The second kappa shape index (κ2) is 8.76. The minimum absolute atomic E-state index is 0.135. The highest BCUT2D eigenvalue weighted by Gasteiger charge is 2.46. The van der Waals surface area contributed by atoms with Gasteiger partial charge in [0, 0.05) is 18.6 Å². The highest BCUT2D eigenvalue weighted by atomic mass is 16.5. The number of benzene rings is 1. The Labute approximate surface area is 143 Å². The van der Waals surface area contributed by atoms with Crippen molar-refractivity contribution < 1.29 is 19.1 Å². The molecule has 1 fully saturated rings. The molecule has 0 radical (unpaired) electrons. The molecule has 0 aliphatic carbocycles. The van der Waals surface area contributed by atoms with E-state index in [-0.39, 0.29) is 25.0 Å². The van der Waals surface area contributed by atoms with Crippen molar-refractivity contribution in [1.29, 1.82) is 0 Å². The van der Waals surface area contributed by atoms with E-state index < -0.39 is 5.60 Å². The molecule has 0 spiro atoms. The molecule has 1 aromatic carbocycles. The van der Waals surface area contributed by atoms with Crippen molar-refractivity contribution >= 4 is 11.8 Å². The number of morpholine rings is 1. The first-order chi connectivity index (χ1) is 11.6. The van der Waals surface area contributed by atoms with E-state index >= 15 is 0 Å². The van der Waals surface area contributed by atoms with Crippen LogP contribution in [0.1, 0.15) is 36.5 Å². The molecule has 1 aliphatic heterocycles. The summed E-state index contributed by atoms with van der Waals surface area (Å²) in [6, 6.07) is 8.81. The SMILES string of the molecule is C=CC[C@]1(COCCCC)OCCN(C(=O)c2ccccc2)C1=O. The molecule has 1 heterocycles. The van der Waals surface area contributed by atoms with Gasteiger partial charge in [0.1, 0.15) is 0 Å². The van der Waals surface area contributed by atoms with Crippen LogP contribution in [0.15, 0.2) is 43.0 Å². The largest absolute Gasteiger partial charge is 0.378 e. The summed E-state index contributed by atoms with van der Waals surface area (Å²) in [5, 5.41) is 0. The number of rotatable bonds is 8.